The lowest BCUT2D eigenvalue weighted by molar-refractivity contribution is 0.564. The van der Waals surface area contributed by atoms with Crippen molar-refractivity contribution in [2.45, 2.75) is 31.7 Å². The summed E-state index contributed by atoms with van der Waals surface area (Å²) in [5, 5.41) is 3.50. The summed E-state index contributed by atoms with van der Waals surface area (Å²) in [6.45, 7) is 0. The molecule has 0 amide bonds. The van der Waals surface area contributed by atoms with Gasteiger partial charge in [-0.25, -0.2) is 4.98 Å². The fourth-order valence-corrected chi connectivity index (χ4v) is 2.18. The Labute approximate surface area is 88.9 Å². The number of rotatable bonds is 4. The van der Waals surface area contributed by atoms with Gasteiger partial charge in [0.25, 0.3) is 0 Å². The summed E-state index contributed by atoms with van der Waals surface area (Å²) in [6.07, 6.45) is 6.99. The van der Waals surface area contributed by atoms with Crippen molar-refractivity contribution in [2.24, 2.45) is 11.8 Å². The van der Waals surface area contributed by atoms with Gasteiger partial charge in [0, 0.05) is 6.04 Å². The van der Waals surface area contributed by atoms with E-state index in [1.165, 1.54) is 31.7 Å². The standard InChI is InChI=1S/C12H15FN2/c13-11-6-5-10(7-14-11)15-12(8-1-2-8)9-3-4-9/h5-9,12,15H,1-4H2. The van der Waals surface area contributed by atoms with Gasteiger partial charge in [-0.1, -0.05) is 0 Å². The van der Waals surface area contributed by atoms with Crippen molar-refractivity contribution in [1.82, 2.24) is 4.98 Å². The average molecular weight is 206 g/mol. The molecule has 0 saturated heterocycles. The normalized spacial score (nSPS) is 20.7. The van der Waals surface area contributed by atoms with Gasteiger partial charge in [-0.05, 0) is 49.7 Å². The molecule has 2 aliphatic rings. The van der Waals surface area contributed by atoms with Crippen LogP contribution in [0.4, 0.5) is 10.1 Å². The summed E-state index contributed by atoms with van der Waals surface area (Å²) in [6, 6.07) is 3.80. The molecule has 1 aromatic heterocycles. The highest BCUT2D eigenvalue weighted by Crippen LogP contribution is 2.45. The Morgan fingerprint density at radius 3 is 2.33 bits per heavy atom. The highest BCUT2D eigenvalue weighted by molar-refractivity contribution is 5.42. The van der Waals surface area contributed by atoms with Crippen LogP contribution < -0.4 is 5.32 Å². The highest BCUT2D eigenvalue weighted by Gasteiger charge is 2.41. The quantitative estimate of drug-likeness (QED) is 0.766. The maximum Gasteiger partial charge on any atom is 0.212 e. The molecule has 2 aliphatic carbocycles. The average Bonchev–Trinajstić information content (AvgIpc) is 3.11. The van der Waals surface area contributed by atoms with Gasteiger partial charge < -0.3 is 5.32 Å². The van der Waals surface area contributed by atoms with E-state index >= 15 is 0 Å². The molecule has 80 valence electrons. The summed E-state index contributed by atoms with van der Waals surface area (Å²) >= 11 is 0. The second kappa shape index (κ2) is 3.47. The third-order valence-corrected chi connectivity index (χ3v) is 3.32. The lowest BCUT2D eigenvalue weighted by Gasteiger charge is -2.18. The zero-order chi connectivity index (χ0) is 10.3. The van der Waals surface area contributed by atoms with Crippen LogP contribution in [-0.4, -0.2) is 11.0 Å². The summed E-state index contributed by atoms with van der Waals surface area (Å²) < 4.78 is 12.6. The van der Waals surface area contributed by atoms with E-state index in [0.29, 0.717) is 6.04 Å². The number of nitrogens with zero attached hydrogens (tertiary/aromatic N) is 1. The summed E-state index contributed by atoms with van der Waals surface area (Å²) in [5.41, 5.74) is 0.959. The lowest BCUT2D eigenvalue weighted by atomic mass is 10.1. The molecule has 0 aliphatic heterocycles. The Morgan fingerprint density at radius 2 is 1.87 bits per heavy atom. The monoisotopic (exact) mass is 206 g/mol. The number of hydrogen-bond donors (Lipinski definition) is 1. The van der Waals surface area contributed by atoms with E-state index in [-0.39, 0.29) is 0 Å². The highest BCUT2D eigenvalue weighted by atomic mass is 19.1. The van der Waals surface area contributed by atoms with Crippen molar-refractivity contribution in [2.75, 3.05) is 5.32 Å². The molecule has 1 heterocycles. The molecule has 0 aromatic carbocycles. The molecule has 0 atom stereocenters. The van der Waals surface area contributed by atoms with E-state index in [4.69, 9.17) is 0 Å². The molecular weight excluding hydrogens is 191 g/mol. The van der Waals surface area contributed by atoms with Crippen molar-refractivity contribution in [3.8, 4) is 0 Å². The van der Waals surface area contributed by atoms with Gasteiger partial charge in [0.15, 0.2) is 0 Å². The van der Waals surface area contributed by atoms with E-state index in [1.807, 2.05) is 0 Å². The Morgan fingerprint density at radius 1 is 1.20 bits per heavy atom. The number of halogens is 1. The number of hydrogen-bond acceptors (Lipinski definition) is 2. The van der Waals surface area contributed by atoms with Crippen molar-refractivity contribution in [3.05, 3.63) is 24.3 Å². The van der Waals surface area contributed by atoms with E-state index in [1.54, 1.807) is 12.3 Å². The Balaban J connectivity index is 1.69. The van der Waals surface area contributed by atoms with Gasteiger partial charge in [0.05, 0.1) is 11.9 Å². The molecule has 0 spiro atoms. The van der Waals surface area contributed by atoms with E-state index < -0.39 is 5.95 Å². The first-order valence-corrected chi connectivity index (χ1v) is 5.71. The van der Waals surface area contributed by atoms with Crippen LogP contribution in [0.15, 0.2) is 18.3 Å². The molecule has 0 bridgehead atoms. The Kier molecular flexibility index (Phi) is 2.11. The number of pyridine rings is 1. The van der Waals surface area contributed by atoms with Gasteiger partial charge in [0.1, 0.15) is 0 Å². The van der Waals surface area contributed by atoms with Crippen LogP contribution in [0.2, 0.25) is 0 Å². The predicted octanol–water partition coefficient (Wildman–Crippen LogP) is 2.82. The van der Waals surface area contributed by atoms with Crippen LogP contribution in [0.5, 0.6) is 0 Å². The first kappa shape index (κ1) is 9.13. The molecule has 1 N–H and O–H groups in total. The van der Waals surface area contributed by atoms with Gasteiger partial charge >= 0.3 is 0 Å². The van der Waals surface area contributed by atoms with Gasteiger partial charge in [-0.2, -0.15) is 4.39 Å². The van der Waals surface area contributed by atoms with E-state index in [0.717, 1.165) is 17.5 Å². The molecule has 1 aromatic rings. The number of nitrogens with one attached hydrogen (secondary N) is 1. The first-order chi connectivity index (χ1) is 7.33. The number of anilines is 1. The van der Waals surface area contributed by atoms with E-state index in [9.17, 15) is 4.39 Å². The fraction of sp³-hybridized carbons (Fsp3) is 0.583. The molecule has 15 heavy (non-hydrogen) atoms. The third-order valence-electron chi connectivity index (χ3n) is 3.32. The molecule has 3 rings (SSSR count). The molecule has 0 unspecified atom stereocenters. The smallest absolute Gasteiger partial charge is 0.212 e. The minimum Gasteiger partial charge on any atom is -0.381 e. The van der Waals surface area contributed by atoms with Crippen LogP contribution in [0.1, 0.15) is 25.7 Å². The fourth-order valence-electron chi connectivity index (χ4n) is 2.18. The SMILES string of the molecule is Fc1ccc(NC(C2CC2)C2CC2)cn1. The van der Waals surface area contributed by atoms with Crippen LogP contribution in [0.25, 0.3) is 0 Å². The summed E-state index contributed by atoms with van der Waals surface area (Å²) in [5.74, 6) is 1.29. The first-order valence-electron chi connectivity index (χ1n) is 5.71. The van der Waals surface area contributed by atoms with E-state index in [2.05, 4.69) is 10.3 Å². The minimum atomic E-state index is -0.407. The third kappa shape index (κ3) is 2.11. The molecule has 2 saturated carbocycles. The lowest BCUT2D eigenvalue weighted by Crippen LogP contribution is -2.24. The second-order valence-corrected chi connectivity index (χ2v) is 4.71. The zero-order valence-electron chi connectivity index (χ0n) is 8.62. The van der Waals surface area contributed by atoms with Gasteiger partial charge in [-0.3, -0.25) is 0 Å². The Hall–Kier alpha value is -1.12. The van der Waals surface area contributed by atoms with Crippen LogP contribution in [0, 0.1) is 17.8 Å². The second-order valence-electron chi connectivity index (χ2n) is 4.71. The maximum absolute atomic E-state index is 12.6. The van der Waals surface area contributed by atoms with Crippen LogP contribution in [0.3, 0.4) is 0 Å². The van der Waals surface area contributed by atoms with Crippen molar-refractivity contribution in [3.63, 3.8) is 0 Å². The molecular formula is C12H15FN2. The number of aromatic nitrogens is 1. The molecule has 3 heteroatoms. The summed E-state index contributed by atoms with van der Waals surface area (Å²) in [7, 11) is 0. The van der Waals surface area contributed by atoms with Gasteiger partial charge in [0.2, 0.25) is 5.95 Å². The van der Waals surface area contributed by atoms with Crippen LogP contribution >= 0.6 is 0 Å². The van der Waals surface area contributed by atoms with Crippen LogP contribution in [-0.2, 0) is 0 Å². The Bertz CT molecular complexity index is 329. The molecule has 2 fully saturated rings. The maximum atomic E-state index is 12.6. The largest absolute Gasteiger partial charge is 0.381 e. The zero-order valence-corrected chi connectivity index (χ0v) is 8.62. The van der Waals surface area contributed by atoms with Gasteiger partial charge in [-0.15, -0.1) is 0 Å². The molecule has 2 nitrogen and oxygen atoms in total. The summed E-state index contributed by atoms with van der Waals surface area (Å²) in [4.78, 5) is 3.66. The van der Waals surface area contributed by atoms with Crippen molar-refractivity contribution < 1.29 is 4.39 Å². The van der Waals surface area contributed by atoms with Crippen molar-refractivity contribution >= 4 is 5.69 Å². The topological polar surface area (TPSA) is 24.9 Å². The predicted molar refractivity (Wildman–Crippen MR) is 57.1 cm³/mol. The minimum absolute atomic E-state index is 0.407. The molecule has 0 radical (unpaired) electrons. The van der Waals surface area contributed by atoms with Crippen molar-refractivity contribution in [1.29, 1.82) is 0 Å².